The Morgan fingerprint density at radius 2 is 2.11 bits per heavy atom. The molecule has 100 valence electrons. The first-order valence-corrected chi connectivity index (χ1v) is 6.19. The number of rotatable bonds is 3. The average molecular weight is 252 g/mol. The molecule has 0 amide bonds. The lowest BCUT2D eigenvalue weighted by Gasteiger charge is -2.37. The fraction of sp³-hybridized carbons (Fsp3) is 0.727. The quantitative estimate of drug-likeness (QED) is 0.810. The first-order chi connectivity index (χ1) is 8.60. The van der Waals surface area contributed by atoms with Gasteiger partial charge >= 0.3 is 6.01 Å². The van der Waals surface area contributed by atoms with Gasteiger partial charge < -0.3 is 20.3 Å². The Bertz CT molecular complexity index is 413. The van der Waals surface area contributed by atoms with E-state index in [2.05, 4.69) is 38.7 Å². The van der Waals surface area contributed by atoms with Crippen molar-refractivity contribution in [2.75, 3.05) is 43.9 Å². The lowest BCUT2D eigenvalue weighted by Crippen LogP contribution is -2.50. The molecule has 1 unspecified atom stereocenters. The second-order valence-corrected chi connectivity index (χ2v) is 4.48. The van der Waals surface area contributed by atoms with Gasteiger partial charge in [-0.25, -0.2) is 0 Å². The molecule has 1 aromatic heterocycles. The molecular formula is C11H20N6O. The van der Waals surface area contributed by atoms with Gasteiger partial charge in [-0.1, -0.05) is 0 Å². The predicted octanol–water partition coefficient (Wildman–Crippen LogP) is -0.00720. The Kier molecular flexibility index (Phi) is 3.81. The summed E-state index contributed by atoms with van der Waals surface area (Å²) in [7, 11) is 2.12. The van der Waals surface area contributed by atoms with Crippen molar-refractivity contribution in [3.05, 3.63) is 0 Å². The van der Waals surface area contributed by atoms with Gasteiger partial charge in [0.2, 0.25) is 11.9 Å². The first-order valence-electron chi connectivity index (χ1n) is 6.19. The van der Waals surface area contributed by atoms with Gasteiger partial charge in [0, 0.05) is 25.7 Å². The molecule has 2 N–H and O–H groups in total. The molecule has 0 bridgehead atoms. The summed E-state index contributed by atoms with van der Waals surface area (Å²) in [5.74, 6) is 0.806. The summed E-state index contributed by atoms with van der Waals surface area (Å²) in [5.41, 5.74) is 5.68. The number of piperazine rings is 1. The molecule has 0 saturated carbocycles. The van der Waals surface area contributed by atoms with Crippen LogP contribution in [0.5, 0.6) is 6.01 Å². The Balaban J connectivity index is 2.17. The van der Waals surface area contributed by atoms with Crippen molar-refractivity contribution in [3.63, 3.8) is 0 Å². The lowest BCUT2D eigenvalue weighted by atomic mass is 10.2. The van der Waals surface area contributed by atoms with Gasteiger partial charge in [-0.2, -0.15) is 15.0 Å². The van der Waals surface area contributed by atoms with Gasteiger partial charge in [0.05, 0.1) is 6.61 Å². The lowest BCUT2D eigenvalue weighted by molar-refractivity contribution is 0.232. The highest BCUT2D eigenvalue weighted by Crippen LogP contribution is 2.17. The summed E-state index contributed by atoms with van der Waals surface area (Å²) in [4.78, 5) is 16.8. The number of aromatic nitrogens is 3. The van der Waals surface area contributed by atoms with Crippen molar-refractivity contribution in [2.45, 2.75) is 19.9 Å². The first kappa shape index (κ1) is 12.8. The molecule has 0 aromatic carbocycles. The molecule has 18 heavy (non-hydrogen) atoms. The van der Waals surface area contributed by atoms with Crippen molar-refractivity contribution in [1.82, 2.24) is 19.9 Å². The summed E-state index contributed by atoms with van der Waals surface area (Å²) in [6.45, 7) is 7.33. The standard InChI is InChI=1S/C11H20N6O/c1-4-18-11-14-9(12)13-10(15-11)17-6-5-16(3)8(2)7-17/h8H,4-7H2,1-3H3,(H2,12,13,14,15). The molecule has 1 saturated heterocycles. The Morgan fingerprint density at radius 3 is 2.78 bits per heavy atom. The maximum Gasteiger partial charge on any atom is 0.323 e. The minimum atomic E-state index is 0.204. The molecule has 7 nitrogen and oxygen atoms in total. The van der Waals surface area contributed by atoms with Crippen molar-refractivity contribution in [2.24, 2.45) is 0 Å². The number of ether oxygens (including phenoxy) is 1. The van der Waals surface area contributed by atoms with E-state index in [-0.39, 0.29) is 5.95 Å². The summed E-state index contributed by atoms with van der Waals surface area (Å²) in [6, 6.07) is 0.763. The maximum absolute atomic E-state index is 5.68. The van der Waals surface area contributed by atoms with Crippen LogP contribution < -0.4 is 15.4 Å². The van der Waals surface area contributed by atoms with E-state index >= 15 is 0 Å². The van der Waals surface area contributed by atoms with Crippen LogP contribution in [0, 0.1) is 0 Å². The van der Waals surface area contributed by atoms with E-state index < -0.39 is 0 Å². The van der Waals surface area contributed by atoms with E-state index in [1.165, 1.54) is 0 Å². The van der Waals surface area contributed by atoms with Crippen molar-refractivity contribution >= 4 is 11.9 Å². The molecule has 2 heterocycles. The van der Waals surface area contributed by atoms with Crippen molar-refractivity contribution < 1.29 is 4.74 Å². The van der Waals surface area contributed by atoms with Crippen LogP contribution in [0.25, 0.3) is 0 Å². The minimum Gasteiger partial charge on any atom is -0.464 e. The highest BCUT2D eigenvalue weighted by atomic mass is 16.5. The smallest absolute Gasteiger partial charge is 0.323 e. The molecule has 1 aliphatic heterocycles. The zero-order valence-corrected chi connectivity index (χ0v) is 11.1. The van der Waals surface area contributed by atoms with Gasteiger partial charge in [-0.05, 0) is 20.9 Å². The third kappa shape index (κ3) is 2.79. The van der Waals surface area contributed by atoms with E-state index in [0.29, 0.717) is 24.6 Å². The van der Waals surface area contributed by atoms with Gasteiger partial charge in [0.15, 0.2) is 0 Å². The molecule has 2 rings (SSSR count). The number of hydrogen-bond donors (Lipinski definition) is 1. The van der Waals surface area contributed by atoms with E-state index in [0.717, 1.165) is 19.6 Å². The Hall–Kier alpha value is -1.63. The summed E-state index contributed by atoms with van der Waals surface area (Å²) in [6.07, 6.45) is 0. The SMILES string of the molecule is CCOc1nc(N)nc(N2CCN(C)C(C)C2)n1. The van der Waals surface area contributed by atoms with E-state index in [1.807, 2.05) is 6.92 Å². The summed E-state index contributed by atoms with van der Waals surface area (Å²) in [5, 5.41) is 0. The van der Waals surface area contributed by atoms with Crippen molar-refractivity contribution in [3.8, 4) is 6.01 Å². The largest absolute Gasteiger partial charge is 0.464 e. The molecule has 1 atom stereocenters. The van der Waals surface area contributed by atoms with Crippen LogP contribution in [0.15, 0.2) is 0 Å². The van der Waals surface area contributed by atoms with Crippen LogP contribution in [-0.4, -0.2) is 59.2 Å². The summed E-state index contributed by atoms with van der Waals surface area (Å²) >= 11 is 0. The molecular weight excluding hydrogens is 232 g/mol. The maximum atomic E-state index is 5.68. The topological polar surface area (TPSA) is 80.4 Å². The average Bonchev–Trinajstić information content (AvgIpc) is 2.32. The van der Waals surface area contributed by atoms with Gasteiger partial charge in [-0.15, -0.1) is 0 Å². The van der Waals surface area contributed by atoms with Crippen LogP contribution in [0.3, 0.4) is 0 Å². The van der Waals surface area contributed by atoms with Crippen molar-refractivity contribution in [1.29, 1.82) is 0 Å². The molecule has 1 aromatic rings. The second-order valence-electron chi connectivity index (χ2n) is 4.48. The van der Waals surface area contributed by atoms with Gasteiger partial charge in [-0.3, -0.25) is 0 Å². The van der Waals surface area contributed by atoms with E-state index in [1.54, 1.807) is 0 Å². The van der Waals surface area contributed by atoms with E-state index in [9.17, 15) is 0 Å². The number of nitrogens with two attached hydrogens (primary N) is 1. The fourth-order valence-corrected chi connectivity index (χ4v) is 1.93. The third-order valence-corrected chi connectivity index (χ3v) is 3.14. The predicted molar refractivity (Wildman–Crippen MR) is 69.7 cm³/mol. The minimum absolute atomic E-state index is 0.204. The monoisotopic (exact) mass is 252 g/mol. The third-order valence-electron chi connectivity index (χ3n) is 3.14. The number of hydrogen-bond acceptors (Lipinski definition) is 7. The van der Waals surface area contributed by atoms with Crippen LogP contribution in [0.1, 0.15) is 13.8 Å². The van der Waals surface area contributed by atoms with Gasteiger partial charge in [0.25, 0.3) is 0 Å². The normalized spacial score (nSPS) is 21.1. The van der Waals surface area contributed by atoms with Crippen LogP contribution >= 0.6 is 0 Å². The highest BCUT2D eigenvalue weighted by Gasteiger charge is 2.23. The molecule has 0 aliphatic carbocycles. The zero-order valence-electron chi connectivity index (χ0n) is 11.1. The van der Waals surface area contributed by atoms with Gasteiger partial charge in [0.1, 0.15) is 0 Å². The number of nitrogen functional groups attached to an aromatic ring is 1. The molecule has 1 fully saturated rings. The zero-order chi connectivity index (χ0) is 13.1. The Labute approximate surface area is 107 Å². The fourth-order valence-electron chi connectivity index (χ4n) is 1.93. The number of nitrogens with zero attached hydrogens (tertiary/aromatic N) is 5. The number of likely N-dealkylation sites (N-methyl/N-ethyl adjacent to an activating group) is 1. The second kappa shape index (κ2) is 5.34. The molecule has 1 aliphatic rings. The molecule has 0 spiro atoms. The molecule has 7 heteroatoms. The highest BCUT2D eigenvalue weighted by molar-refractivity contribution is 5.36. The summed E-state index contributed by atoms with van der Waals surface area (Å²) < 4.78 is 5.29. The van der Waals surface area contributed by atoms with E-state index in [4.69, 9.17) is 10.5 Å². The van der Waals surface area contributed by atoms with Crippen LogP contribution in [0.2, 0.25) is 0 Å². The van der Waals surface area contributed by atoms with Crippen LogP contribution in [-0.2, 0) is 0 Å². The number of anilines is 2. The van der Waals surface area contributed by atoms with Crippen LogP contribution in [0.4, 0.5) is 11.9 Å². The molecule has 0 radical (unpaired) electrons. The Morgan fingerprint density at radius 1 is 1.33 bits per heavy atom.